The van der Waals surface area contributed by atoms with Gasteiger partial charge in [0.25, 0.3) is 0 Å². The van der Waals surface area contributed by atoms with Gasteiger partial charge in [0, 0.05) is 97.7 Å². The van der Waals surface area contributed by atoms with Crippen LogP contribution in [0.5, 0.6) is 11.5 Å². The van der Waals surface area contributed by atoms with Crippen LogP contribution >= 0.6 is 23.2 Å². The number of nitrogen functional groups attached to an aromatic ring is 2. The summed E-state index contributed by atoms with van der Waals surface area (Å²) in [6.45, 7) is 11.5. The van der Waals surface area contributed by atoms with Crippen molar-refractivity contribution in [2.24, 2.45) is 0 Å². The molecule has 7 aromatic rings. The van der Waals surface area contributed by atoms with E-state index >= 15 is 0 Å². The molecule has 2 aliphatic carbocycles. The molecule has 0 radical (unpaired) electrons. The Balaban J connectivity index is 0.000000172. The van der Waals surface area contributed by atoms with Crippen LogP contribution in [0, 0.1) is 11.3 Å². The Morgan fingerprint density at radius 2 is 1.05 bits per heavy atom. The Hall–Kier alpha value is -7.18. The van der Waals surface area contributed by atoms with Crippen molar-refractivity contribution < 1.29 is 18.9 Å². The fraction of sp³-hybridized carbons (Fsp3) is 0.370. The van der Waals surface area contributed by atoms with Crippen LogP contribution in [0.2, 0.25) is 10.0 Å². The summed E-state index contributed by atoms with van der Waals surface area (Å²) in [5, 5.41) is 23.8. The fourth-order valence-electron chi connectivity index (χ4n) is 9.90. The second-order valence-electron chi connectivity index (χ2n) is 18.7. The summed E-state index contributed by atoms with van der Waals surface area (Å²) in [5.74, 6) is 4.75. The third-order valence-corrected chi connectivity index (χ3v) is 14.3. The van der Waals surface area contributed by atoms with Gasteiger partial charge in [0.2, 0.25) is 11.9 Å². The lowest BCUT2D eigenvalue weighted by atomic mass is 9.88. The standard InChI is InChI=1S/C27H30ClN9O2.C27H29ClN6O2/c28-20-4-1-18(2-5-20)16-39-21-6-8-22-19(15-21)3-7-23-25(22)30-27(29)31-26(23)37-11-9-36(10-12-37)13-14-38-17-24-32-34-35-33-24;28-21-4-1-19(2-5-21)18-36-22-6-8-23-20(17-22)3-7-24-25(23)31-27(30)32-26(24)34-12-10-33(11-13-34)14-16-35-15-9-29/h1-2,4-6,8,15H,3,7,9-14,16-17H2,(H2,29,30,31)(H,32,33,34,35);1-2,4-6,8,17H,3,7,10-16,18H2,(H2,30,31,32). The van der Waals surface area contributed by atoms with Gasteiger partial charge < -0.3 is 40.2 Å². The number of benzene rings is 4. The van der Waals surface area contributed by atoms with E-state index in [4.69, 9.17) is 63.9 Å². The van der Waals surface area contributed by atoms with Gasteiger partial charge in [0.05, 0.1) is 30.7 Å². The van der Waals surface area contributed by atoms with Crippen molar-refractivity contribution >= 4 is 46.7 Å². The summed E-state index contributed by atoms with van der Waals surface area (Å²) in [5.41, 5.74) is 23.4. The molecule has 2 saturated heterocycles. The Labute approximate surface area is 445 Å². The van der Waals surface area contributed by atoms with Gasteiger partial charge >= 0.3 is 0 Å². The van der Waals surface area contributed by atoms with Crippen molar-refractivity contribution in [2.75, 3.05) is 107 Å². The average molecular weight is 1050 g/mol. The first-order chi connectivity index (χ1) is 36.7. The molecule has 0 bridgehead atoms. The zero-order valence-corrected chi connectivity index (χ0v) is 43.1. The normalized spacial score (nSPS) is 15.2. The fourth-order valence-corrected chi connectivity index (χ4v) is 10.1. The number of halogens is 2. The van der Waals surface area contributed by atoms with Gasteiger partial charge in [-0.15, -0.1) is 10.2 Å². The second-order valence-corrected chi connectivity index (χ2v) is 19.6. The van der Waals surface area contributed by atoms with Gasteiger partial charge in [0.15, 0.2) is 5.82 Å². The number of aromatic amines is 1. The van der Waals surface area contributed by atoms with Crippen LogP contribution in [0.3, 0.4) is 0 Å². The van der Waals surface area contributed by atoms with E-state index in [1.807, 2.05) is 66.7 Å². The molecule has 0 atom stereocenters. The molecular weight excluding hydrogens is 994 g/mol. The monoisotopic (exact) mass is 1050 g/mol. The largest absolute Gasteiger partial charge is 0.489 e. The molecule has 388 valence electrons. The first-order valence-electron chi connectivity index (χ1n) is 25.3. The molecule has 4 aromatic carbocycles. The molecule has 75 heavy (non-hydrogen) atoms. The van der Waals surface area contributed by atoms with E-state index in [1.165, 1.54) is 16.7 Å². The van der Waals surface area contributed by atoms with E-state index in [1.54, 1.807) is 0 Å². The summed E-state index contributed by atoms with van der Waals surface area (Å²) in [7, 11) is 0. The van der Waals surface area contributed by atoms with E-state index < -0.39 is 0 Å². The predicted octanol–water partition coefficient (Wildman–Crippen LogP) is 6.63. The number of hydrogen-bond donors (Lipinski definition) is 3. The Bertz CT molecular complexity index is 3070. The van der Waals surface area contributed by atoms with Crippen LogP contribution in [0.4, 0.5) is 23.5 Å². The third-order valence-electron chi connectivity index (χ3n) is 13.8. The number of nitrogens with zero attached hydrogens (tertiary/aromatic N) is 12. The second kappa shape index (κ2) is 24.4. The Morgan fingerprint density at radius 3 is 1.51 bits per heavy atom. The minimum atomic E-state index is 0.143. The summed E-state index contributed by atoms with van der Waals surface area (Å²) >= 11 is 12.0. The van der Waals surface area contributed by atoms with E-state index in [9.17, 15) is 0 Å². The Kier molecular flexibility index (Phi) is 16.7. The topological polar surface area (TPSA) is 232 Å². The molecular formula is C54H59Cl2N15O4. The predicted molar refractivity (Wildman–Crippen MR) is 288 cm³/mol. The SMILES string of the molecule is N#CCOCCN1CCN(c2nc(N)nc3c2CCc2cc(OCc4ccc(Cl)cc4)ccc2-3)CC1.Nc1nc2c(c(N3CCN(CCOCc4nn[nH]n4)CC3)n1)CCc1cc(OCc3ccc(Cl)cc3)ccc1-2. The highest BCUT2D eigenvalue weighted by Crippen LogP contribution is 2.40. The van der Waals surface area contributed by atoms with E-state index in [0.717, 1.165) is 164 Å². The lowest BCUT2D eigenvalue weighted by Crippen LogP contribution is -2.48. The number of aryl methyl sites for hydroxylation is 2. The molecule has 21 heteroatoms. The van der Waals surface area contributed by atoms with Crippen molar-refractivity contribution in [3.05, 3.63) is 134 Å². The van der Waals surface area contributed by atoms with Crippen LogP contribution in [0.1, 0.15) is 39.2 Å². The van der Waals surface area contributed by atoms with Gasteiger partial charge in [-0.2, -0.15) is 20.4 Å². The molecule has 3 aromatic heterocycles. The molecule has 5 N–H and O–H groups in total. The first-order valence-corrected chi connectivity index (χ1v) is 26.0. The molecule has 0 unspecified atom stereocenters. The van der Waals surface area contributed by atoms with Crippen molar-refractivity contribution in [3.8, 4) is 40.1 Å². The summed E-state index contributed by atoms with van der Waals surface area (Å²) in [6.07, 6.45) is 3.53. The number of nitrogens with two attached hydrogens (primary N) is 2. The number of ether oxygens (including phenoxy) is 4. The number of aromatic nitrogens is 8. The molecule has 2 fully saturated rings. The third kappa shape index (κ3) is 13.0. The molecule has 0 spiro atoms. The number of rotatable bonds is 17. The average Bonchev–Trinajstić information content (AvgIpc) is 3.97. The van der Waals surface area contributed by atoms with Crippen molar-refractivity contribution in [1.82, 2.24) is 50.4 Å². The highest BCUT2D eigenvalue weighted by molar-refractivity contribution is 6.30. The number of hydrogen-bond acceptors (Lipinski definition) is 18. The van der Waals surface area contributed by atoms with E-state index in [0.29, 0.717) is 50.8 Å². The van der Waals surface area contributed by atoms with E-state index in [-0.39, 0.29) is 6.61 Å². The maximum Gasteiger partial charge on any atom is 0.222 e. The van der Waals surface area contributed by atoms with Gasteiger partial charge in [-0.05, 0) is 109 Å². The summed E-state index contributed by atoms with van der Waals surface area (Å²) in [4.78, 5) is 28.1. The number of nitriles is 1. The van der Waals surface area contributed by atoms with Gasteiger partial charge in [-0.25, -0.2) is 9.97 Å². The number of anilines is 4. The molecule has 0 amide bonds. The zero-order chi connectivity index (χ0) is 51.5. The molecule has 19 nitrogen and oxygen atoms in total. The molecule has 2 aliphatic heterocycles. The highest BCUT2D eigenvalue weighted by Gasteiger charge is 2.29. The minimum absolute atomic E-state index is 0.143. The first kappa shape index (κ1) is 51.3. The van der Waals surface area contributed by atoms with Crippen LogP contribution in [-0.4, -0.2) is 136 Å². The number of H-pyrrole nitrogens is 1. The van der Waals surface area contributed by atoms with Gasteiger partial charge in [0.1, 0.15) is 49.6 Å². The van der Waals surface area contributed by atoms with Crippen LogP contribution in [0.25, 0.3) is 22.5 Å². The molecule has 5 heterocycles. The highest BCUT2D eigenvalue weighted by atomic mass is 35.5. The van der Waals surface area contributed by atoms with Crippen LogP contribution < -0.4 is 30.7 Å². The quantitative estimate of drug-likeness (QED) is 0.0813. The van der Waals surface area contributed by atoms with Crippen LogP contribution in [0.15, 0.2) is 84.9 Å². The molecule has 0 saturated carbocycles. The smallest absolute Gasteiger partial charge is 0.222 e. The molecule has 11 rings (SSSR count). The lowest BCUT2D eigenvalue weighted by Gasteiger charge is -2.37. The number of tetrazole rings is 1. The molecule has 4 aliphatic rings. The number of fused-ring (bicyclic) bond motifs is 6. The van der Waals surface area contributed by atoms with Crippen molar-refractivity contribution in [1.29, 1.82) is 5.26 Å². The zero-order valence-electron chi connectivity index (χ0n) is 41.6. The maximum atomic E-state index is 8.61. The minimum Gasteiger partial charge on any atom is -0.489 e. The summed E-state index contributed by atoms with van der Waals surface area (Å²) in [6, 6.07) is 29.8. The lowest BCUT2D eigenvalue weighted by molar-refractivity contribution is 0.0867. The number of piperazine rings is 2. The Morgan fingerprint density at radius 1 is 0.573 bits per heavy atom. The number of nitrogens with one attached hydrogen (secondary N) is 1. The van der Waals surface area contributed by atoms with Crippen LogP contribution in [-0.2, 0) is 55.0 Å². The van der Waals surface area contributed by atoms with Crippen molar-refractivity contribution in [2.45, 2.75) is 45.5 Å². The van der Waals surface area contributed by atoms with Gasteiger partial charge in [-0.3, -0.25) is 9.80 Å². The summed E-state index contributed by atoms with van der Waals surface area (Å²) < 4.78 is 23.1. The van der Waals surface area contributed by atoms with E-state index in [2.05, 4.69) is 79.4 Å². The maximum absolute atomic E-state index is 8.61. The van der Waals surface area contributed by atoms with Crippen molar-refractivity contribution in [3.63, 3.8) is 0 Å². The van der Waals surface area contributed by atoms with Gasteiger partial charge in [-0.1, -0.05) is 52.7 Å².